The predicted molar refractivity (Wildman–Crippen MR) is 89.8 cm³/mol. The Morgan fingerprint density at radius 2 is 2.14 bits per heavy atom. The van der Waals surface area contributed by atoms with Crippen molar-refractivity contribution < 1.29 is 4.74 Å². The van der Waals surface area contributed by atoms with Gasteiger partial charge in [0.25, 0.3) is 0 Å². The van der Waals surface area contributed by atoms with Crippen LogP contribution in [0.1, 0.15) is 37.7 Å². The number of nitrogens with zero attached hydrogens (tertiary/aromatic N) is 1. The maximum Gasteiger partial charge on any atom is 0.119 e. The SMILES string of the molecule is COc1ccc(Br)c(CN(CC2CCCCN2)C2CC2)c1. The zero-order valence-corrected chi connectivity index (χ0v) is 14.4. The first-order valence-corrected chi connectivity index (χ1v) is 8.85. The summed E-state index contributed by atoms with van der Waals surface area (Å²) in [4.78, 5) is 2.66. The van der Waals surface area contributed by atoms with Crippen LogP contribution >= 0.6 is 15.9 Å². The second-order valence-electron chi connectivity index (χ2n) is 6.26. The van der Waals surface area contributed by atoms with E-state index in [4.69, 9.17) is 4.74 Å². The van der Waals surface area contributed by atoms with Gasteiger partial charge in [-0.3, -0.25) is 4.90 Å². The Bertz CT molecular complexity index is 470. The van der Waals surface area contributed by atoms with Crippen molar-refractivity contribution >= 4 is 15.9 Å². The molecule has 0 spiro atoms. The summed E-state index contributed by atoms with van der Waals surface area (Å²) >= 11 is 3.69. The van der Waals surface area contributed by atoms with Crippen LogP contribution in [0.4, 0.5) is 0 Å². The molecule has 3 rings (SSSR count). The molecule has 0 amide bonds. The quantitative estimate of drug-likeness (QED) is 0.846. The third-order valence-electron chi connectivity index (χ3n) is 4.56. The fourth-order valence-electron chi connectivity index (χ4n) is 3.16. The molecule has 116 valence electrons. The number of rotatable bonds is 6. The molecule has 4 heteroatoms. The molecule has 2 aliphatic rings. The molecule has 1 aromatic rings. The van der Waals surface area contributed by atoms with Crippen molar-refractivity contribution in [2.75, 3.05) is 20.2 Å². The smallest absolute Gasteiger partial charge is 0.119 e. The minimum Gasteiger partial charge on any atom is -0.497 e. The van der Waals surface area contributed by atoms with Gasteiger partial charge >= 0.3 is 0 Å². The largest absolute Gasteiger partial charge is 0.497 e. The summed E-state index contributed by atoms with van der Waals surface area (Å²) in [5.41, 5.74) is 1.33. The molecule has 1 saturated heterocycles. The average Bonchev–Trinajstić information content (AvgIpc) is 3.34. The van der Waals surface area contributed by atoms with Crippen molar-refractivity contribution in [2.24, 2.45) is 0 Å². The van der Waals surface area contributed by atoms with Crippen LogP contribution in [0.3, 0.4) is 0 Å². The van der Waals surface area contributed by atoms with E-state index >= 15 is 0 Å². The fourth-order valence-corrected chi connectivity index (χ4v) is 3.54. The van der Waals surface area contributed by atoms with Gasteiger partial charge in [0.05, 0.1) is 7.11 Å². The predicted octanol–water partition coefficient (Wildman–Crippen LogP) is 3.56. The van der Waals surface area contributed by atoms with Crippen molar-refractivity contribution in [1.82, 2.24) is 10.2 Å². The van der Waals surface area contributed by atoms with Crippen molar-refractivity contribution in [3.63, 3.8) is 0 Å². The lowest BCUT2D eigenvalue weighted by Crippen LogP contribution is -2.44. The number of halogens is 1. The van der Waals surface area contributed by atoms with E-state index in [-0.39, 0.29) is 0 Å². The molecule has 0 aromatic heterocycles. The minimum atomic E-state index is 0.670. The summed E-state index contributed by atoms with van der Waals surface area (Å²) < 4.78 is 6.55. The molecular weight excluding hydrogens is 328 g/mol. The van der Waals surface area contributed by atoms with Gasteiger partial charge in [-0.2, -0.15) is 0 Å². The van der Waals surface area contributed by atoms with Gasteiger partial charge in [-0.25, -0.2) is 0 Å². The maximum absolute atomic E-state index is 5.37. The lowest BCUT2D eigenvalue weighted by atomic mass is 10.0. The fraction of sp³-hybridized carbons (Fsp3) is 0.647. The molecule has 0 bridgehead atoms. The van der Waals surface area contributed by atoms with Crippen LogP contribution in [0.2, 0.25) is 0 Å². The van der Waals surface area contributed by atoms with E-state index < -0.39 is 0 Å². The highest BCUT2D eigenvalue weighted by Gasteiger charge is 2.31. The molecule has 1 aliphatic carbocycles. The Balaban J connectivity index is 1.67. The monoisotopic (exact) mass is 352 g/mol. The standard InChI is InChI=1S/C17H25BrN2O/c1-21-16-7-8-17(18)13(10-16)11-20(15-5-6-15)12-14-4-2-3-9-19-14/h7-8,10,14-15,19H,2-6,9,11-12H2,1H3. The van der Waals surface area contributed by atoms with Gasteiger partial charge in [-0.1, -0.05) is 22.4 Å². The second-order valence-corrected chi connectivity index (χ2v) is 7.12. The number of hydrogen-bond donors (Lipinski definition) is 1. The summed E-state index contributed by atoms with van der Waals surface area (Å²) in [5, 5.41) is 3.68. The number of nitrogens with one attached hydrogen (secondary N) is 1. The summed E-state index contributed by atoms with van der Waals surface area (Å²) in [6.45, 7) is 3.38. The van der Waals surface area contributed by atoms with Crippen molar-refractivity contribution in [3.05, 3.63) is 28.2 Å². The molecule has 1 heterocycles. The molecule has 3 nitrogen and oxygen atoms in total. The van der Waals surface area contributed by atoms with E-state index in [0.717, 1.165) is 18.3 Å². The van der Waals surface area contributed by atoms with Gasteiger partial charge in [-0.15, -0.1) is 0 Å². The Morgan fingerprint density at radius 3 is 2.81 bits per heavy atom. The van der Waals surface area contributed by atoms with Gasteiger partial charge in [0.2, 0.25) is 0 Å². The van der Waals surface area contributed by atoms with Crippen LogP contribution < -0.4 is 10.1 Å². The third kappa shape index (κ3) is 4.21. The summed E-state index contributed by atoms with van der Waals surface area (Å²) in [6.07, 6.45) is 6.74. The minimum absolute atomic E-state index is 0.670. The lowest BCUT2D eigenvalue weighted by Gasteiger charge is -2.31. The van der Waals surface area contributed by atoms with Crippen molar-refractivity contribution in [1.29, 1.82) is 0 Å². The molecule has 1 N–H and O–H groups in total. The summed E-state index contributed by atoms with van der Waals surface area (Å²) in [5.74, 6) is 0.944. The highest BCUT2D eigenvalue weighted by atomic mass is 79.9. The van der Waals surface area contributed by atoms with Gasteiger partial charge in [0.15, 0.2) is 0 Å². The molecule has 21 heavy (non-hydrogen) atoms. The highest BCUT2D eigenvalue weighted by molar-refractivity contribution is 9.10. The van der Waals surface area contributed by atoms with Crippen LogP contribution in [0.25, 0.3) is 0 Å². The maximum atomic E-state index is 5.37. The van der Waals surface area contributed by atoms with Crippen LogP contribution in [0, 0.1) is 0 Å². The number of piperidine rings is 1. The molecule has 0 radical (unpaired) electrons. The first-order chi connectivity index (χ1) is 10.3. The molecule has 2 fully saturated rings. The van der Waals surface area contributed by atoms with E-state index in [2.05, 4.69) is 38.3 Å². The normalized spacial score (nSPS) is 22.5. The van der Waals surface area contributed by atoms with E-state index in [9.17, 15) is 0 Å². The summed E-state index contributed by atoms with van der Waals surface area (Å²) in [6, 6.07) is 7.72. The molecule has 1 aromatic carbocycles. The molecule has 1 aliphatic heterocycles. The molecular formula is C17H25BrN2O. The van der Waals surface area contributed by atoms with Gasteiger partial charge in [0.1, 0.15) is 5.75 Å². The summed E-state index contributed by atoms with van der Waals surface area (Å²) in [7, 11) is 1.73. The van der Waals surface area contributed by atoms with Crippen LogP contribution in [0.5, 0.6) is 5.75 Å². The number of methoxy groups -OCH3 is 1. The number of ether oxygens (including phenoxy) is 1. The molecule has 1 saturated carbocycles. The Morgan fingerprint density at radius 1 is 1.29 bits per heavy atom. The average molecular weight is 353 g/mol. The number of benzene rings is 1. The zero-order valence-electron chi connectivity index (χ0n) is 12.8. The van der Waals surface area contributed by atoms with Crippen LogP contribution in [-0.2, 0) is 6.54 Å². The van der Waals surface area contributed by atoms with Gasteiger partial charge in [0, 0.05) is 29.6 Å². The van der Waals surface area contributed by atoms with Gasteiger partial charge < -0.3 is 10.1 Å². The van der Waals surface area contributed by atoms with E-state index in [0.29, 0.717) is 6.04 Å². The van der Waals surface area contributed by atoms with E-state index in [1.807, 2.05) is 6.07 Å². The van der Waals surface area contributed by atoms with Crippen LogP contribution in [-0.4, -0.2) is 37.2 Å². The first-order valence-electron chi connectivity index (χ1n) is 8.06. The Labute approximate surface area is 136 Å². The van der Waals surface area contributed by atoms with Crippen LogP contribution in [0.15, 0.2) is 22.7 Å². The second kappa shape index (κ2) is 7.12. The molecule has 1 unspecified atom stereocenters. The lowest BCUT2D eigenvalue weighted by molar-refractivity contribution is 0.208. The van der Waals surface area contributed by atoms with E-state index in [1.54, 1.807) is 7.11 Å². The van der Waals surface area contributed by atoms with Crippen molar-refractivity contribution in [2.45, 2.75) is 50.7 Å². The zero-order chi connectivity index (χ0) is 14.7. The van der Waals surface area contributed by atoms with Crippen molar-refractivity contribution in [3.8, 4) is 5.75 Å². The Hall–Kier alpha value is -0.580. The topological polar surface area (TPSA) is 24.5 Å². The van der Waals surface area contributed by atoms with Gasteiger partial charge in [-0.05, 0) is 56.0 Å². The molecule has 1 atom stereocenters. The number of hydrogen-bond acceptors (Lipinski definition) is 3. The Kier molecular flexibility index (Phi) is 5.19. The first kappa shape index (κ1) is 15.3. The third-order valence-corrected chi connectivity index (χ3v) is 5.33. The highest BCUT2D eigenvalue weighted by Crippen LogP contribution is 2.31. The van der Waals surface area contributed by atoms with E-state index in [1.165, 1.54) is 55.2 Å².